The first-order valence-corrected chi connectivity index (χ1v) is 13.6. The van der Waals surface area contributed by atoms with Gasteiger partial charge in [0.15, 0.2) is 23.3 Å². The largest absolute Gasteiger partial charge is 0.350 e. The number of carbonyl (C=O) groups excluding carboxylic acids is 1. The summed E-state index contributed by atoms with van der Waals surface area (Å²) in [7, 11) is -3.06. The Balaban J connectivity index is 1.68. The zero-order valence-electron chi connectivity index (χ0n) is 21.8. The highest BCUT2D eigenvalue weighted by molar-refractivity contribution is 7.90. The van der Waals surface area contributed by atoms with Gasteiger partial charge in [0.05, 0.1) is 24.0 Å². The summed E-state index contributed by atoms with van der Waals surface area (Å²) in [4.78, 5) is 21.0. The first-order valence-electron chi connectivity index (χ1n) is 12.1. The number of nitrogens with one attached hydrogen (secondary N) is 4. The van der Waals surface area contributed by atoms with Crippen LogP contribution in [0.15, 0.2) is 36.5 Å². The smallest absolute Gasteiger partial charge is 0.300 e. The van der Waals surface area contributed by atoms with Crippen LogP contribution in [0.2, 0.25) is 0 Å². The number of carbonyl (C=O) groups is 1. The Labute approximate surface area is 228 Å². The van der Waals surface area contributed by atoms with Crippen LogP contribution in [0.25, 0.3) is 0 Å². The van der Waals surface area contributed by atoms with E-state index in [9.17, 15) is 17.6 Å². The van der Waals surface area contributed by atoms with Gasteiger partial charge >= 0.3 is 10.2 Å². The Morgan fingerprint density at radius 3 is 2.40 bits per heavy atom. The number of nitrogens with zero attached hydrogens (tertiary/aromatic N) is 1. The molecule has 0 radical (unpaired) electrons. The first-order chi connectivity index (χ1) is 18.8. The molecule has 4 rings (SSSR count). The van der Waals surface area contributed by atoms with Crippen LogP contribution >= 0.6 is 0 Å². The van der Waals surface area contributed by atoms with E-state index in [1.165, 1.54) is 18.2 Å². The van der Waals surface area contributed by atoms with Crippen LogP contribution in [-0.2, 0) is 21.5 Å². The number of anilines is 3. The molecule has 0 atom stereocenters. The van der Waals surface area contributed by atoms with Gasteiger partial charge in [0.25, 0.3) is 5.91 Å². The van der Waals surface area contributed by atoms with Gasteiger partial charge in [-0.15, -0.1) is 0 Å². The number of pyridine rings is 1. The highest BCUT2D eigenvalue weighted by Gasteiger charge is 2.36. The average Bonchev–Trinajstić information content (AvgIpc) is 2.86. The number of halogens is 4. The molecule has 1 heterocycles. The van der Waals surface area contributed by atoms with Gasteiger partial charge < -0.3 is 5.32 Å². The molecule has 14 heteroatoms. The molecule has 0 spiro atoms. The number of benzene rings is 2. The van der Waals surface area contributed by atoms with Gasteiger partial charge in [0.2, 0.25) is 0 Å². The molecule has 0 unspecified atom stereocenters. The van der Waals surface area contributed by atoms with Gasteiger partial charge in [-0.25, -0.2) is 28.0 Å². The molecule has 3 aromatic rings. The van der Waals surface area contributed by atoms with E-state index < -0.39 is 74.0 Å². The Bertz CT molecular complexity index is 1570. The monoisotopic (exact) mass is 581 g/mol. The molecule has 1 amide bonds. The Morgan fingerprint density at radius 1 is 1.05 bits per heavy atom. The first kappa shape index (κ1) is 29.2. The SMILES string of the molecule is CONC(=O)c1cc(Cc2ccnc(NS(=O)(=O)NC3(C)CCC3)c2F)c(F)c(F)c1Nc1ccc(C)cc1F. The fourth-order valence-electron chi connectivity index (χ4n) is 4.30. The predicted octanol–water partition coefficient (Wildman–Crippen LogP) is 4.76. The lowest BCUT2D eigenvalue weighted by molar-refractivity contribution is 0.0538. The predicted molar refractivity (Wildman–Crippen MR) is 140 cm³/mol. The lowest BCUT2D eigenvalue weighted by atomic mass is 9.80. The van der Waals surface area contributed by atoms with Crippen LogP contribution in [-0.4, -0.2) is 32.0 Å². The molecule has 0 bridgehead atoms. The summed E-state index contributed by atoms with van der Waals surface area (Å²) in [5.41, 5.74) is -0.0922. The summed E-state index contributed by atoms with van der Waals surface area (Å²) in [6.07, 6.45) is 2.61. The molecule has 2 aromatic carbocycles. The van der Waals surface area contributed by atoms with E-state index in [0.29, 0.717) is 18.4 Å². The van der Waals surface area contributed by atoms with Crippen molar-refractivity contribution in [3.05, 3.63) is 82.1 Å². The molecule has 40 heavy (non-hydrogen) atoms. The van der Waals surface area contributed by atoms with Crippen molar-refractivity contribution in [1.29, 1.82) is 0 Å². The minimum Gasteiger partial charge on any atom is -0.350 e. The Kier molecular flexibility index (Phi) is 8.33. The topological polar surface area (TPSA) is 121 Å². The van der Waals surface area contributed by atoms with Gasteiger partial charge in [-0.2, -0.15) is 13.1 Å². The van der Waals surface area contributed by atoms with Crippen molar-refractivity contribution in [3.63, 3.8) is 0 Å². The Morgan fingerprint density at radius 2 is 1.77 bits per heavy atom. The maximum Gasteiger partial charge on any atom is 0.300 e. The van der Waals surface area contributed by atoms with Crippen LogP contribution in [0.1, 0.15) is 53.2 Å². The van der Waals surface area contributed by atoms with Crippen molar-refractivity contribution in [2.24, 2.45) is 0 Å². The summed E-state index contributed by atoms with van der Waals surface area (Å²) >= 11 is 0. The minimum atomic E-state index is -4.19. The molecule has 4 N–H and O–H groups in total. The van der Waals surface area contributed by atoms with Gasteiger partial charge in [0, 0.05) is 18.2 Å². The molecule has 1 aliphatic rings. The van der Waals surface area contributed by atoms with Crippen molar-refractivity contribution in [2.75, 3.05) is 17.1 Å². The highest BCUT2D eigenvalue weighted by atomic mass is 32.2. The van der Waals surface area contributed by atoms with E-state index in [0.717, 1.165) is 31.9 Å². The summed E-state index contributed by atoms with van der Waals surface area (Å²) in [6, 6.07) is 6.11. The maximum absolute atomic E-state index is 15.3. The lowest BCUT2D eigenvalue weighted by Gasteiger charge is -2.38. The third-order valence-electron chi connectivity index (χ3n) is 6.52. The molecular weight excluding hydrogens is 554 g/mol. The minimum absolute atomic E-state index is 0.218. The van der Waals surface area contributed by atoms with Crippen LogP contribution in [0.3, 0.4) is 0 Å². The summed E-state index contributed by atoms with van der Waals surface area (Å²) in [5, 5.41) is 2.41. The zero-order chi connectivity index (χ0) is 29.2. The molecule has 214 valence electrons. The fraction of sp³-hybridized carbons (Fsp3) is 0.308. The van der Waals surface area contributed by atoms with Crippen molar-refractivity contribution < 1.29 is 35.6 Å². The van der Waals surface area contributed by atoms with Crippen molar-refractivity contribution in [1.82, 2.24) is 15.2 Å². The van der Waals surface area contributed by atoms with Crippen LogP contribution < -0.4 is 20.2 Å². The average molecular weight is 582 g/mol. The van der Waals surface area contributed by atoms with Crippen LogP contribution in [0.4, 0.5) is 34.8 Å². The number of aryl methyl sites for hydroxylation is 1. The van der Waals surface area contributed by atoms with Crippen molar-refractivity contribution in [3.8, 4) is 0 Å². The van der Waals surface area contributed by atoms with Crippen molar-refractivity contribution in [2.45, 2.75) is 45.1 Å². The number of hydroxylamine groups is 1. The summed E-state index contributed by atoms with van der Waals surface area (Å²) in [5.74, 6) is -6.46. The van der Waals surface area contributed by atoms with Crippen LogP contribution in [0, 0.1) is 30.2 Å². The van der Waals surface area contributed by atoms with E-state index in [4.69, 9.17) is 0 Å². The second-order valence-corrected chi connectivity index (χ2v) is 11.2. The number of amides is 1. The summed E-state index contributed by atoms with van der Waals surface area (Å²) in [6.45, 7) is 3.36. The standard InChI is InChI=1S/C26H27F4N5O4S/c1-14-5-6-19(18(27)11-14)32-23-17(25(36)33-39-3)13-16(20(28)22(23)30)12-15-7-10-31-24(21(15)29)34-40(37,38)35-26(2)8-4-9-26/h5-7,10-11,13,32,35H,4,8-9,12H2,1-3H3,(H,31,34)(H,33,36). The van der Waals surface area contributed by atoms with Gasteiger partial charge in [0.1, 0.15) is 5.82 Å². The van der Waals surface area contributed by atoms with Gasteiger partial charge in [-0.05, 0) is 74.1 Å². The van der Waals surface area contributed by atoms with Crippen LogP contribution in [0.5, 0.6) is 0 Å². The molecule has 9 nitrogen and oxygen atoms in total. The second-order valence-electron chi connectivity index (χ2n) is 9.76. The van der Waals surface area contributed by atoms with Gasteiger partial charge in [-0.3, -0.25) is 14.4 Å². The highest BCUT2D eigenvalue weighted by Crippen LogP contribution is 2.33. The van der Waals surface area contributed by atoms with Gasteiger partial charge in [-0.1, -0.05) is 6.07 Å². The van der Waals surface area contributed by atoms with E-state index in [-0.39, 0.29) is 11.3 Å². The third-order valence-corrected chi connectivity index (χ3v) is 7.75. The maximum atomic E-state index is 15.3. The molecule has 1 saturated carbocycles. The number of rotatable bonds is 10. The van der Waals surface area contributed by atoms with E-state index >= 15 is 13.2 Å². The zero-order valence-corrected chi connectivity index (χ0v) is 22.6. The fourth-order valence-corrected chi connectivity index (χ4v) is 5.60. The third kappa shape index (κ3) is 6.35. The second kappa shape index (κ2) is 11.4. The lowest BCUT2D eigenvalue weighted by Crippen LogP contribution is -2.52. The van der Waals surface area contributed by atoms with E-state index in [2.05, 4.69) is 19.9 Å². The van der Waals surface area contributed by atoms with E-state index in [1.54, 1.807) is 13.8 Å². The summed E-state index contributed by atoms with van der Waals surface area (Å²) < 4.78 is 89.8. The molecule has 1 aromatic heterocycles. The number of hydrogen-bond acceptors (Lipinski definition) is 6. The molecule has 1 aliphatic carbocycles. The molecule has 0 aliphatic heterocycles. The molecule has 1 fully saturated rings. The Hall–Kier alpha value is -3.75. The quantitative estimate of drug-likeness (QED) is 0.202. The van der Waals surface area contributed by atoms with Crippen molar-refractivity contribution >= 4 is 33.3 Å². The molecular formula is C26H27F4N5O4S. The normalized spacial score (nSPS) is 14.4. The number of hydrogen-bond donors (Lipinski definition) is 4. The molecule has 0 saturated heterocycles. The van der Waals surface area contributed by atoms with E-state index in [1.807, 2.05) is 10.2 Å². The number of aromatic nitrogens is 1.